The molecule has 1 amide bonds. The van der Waals surface area contributed by atoms with Crippen molar-refractivity contribution < 1.29 is 14.3 Å². The number of amides is 1. The summed E-state index contributed by atoms with van der Waals surface area (Å²) in [6.07, 6.45) is 0. The Labute approximate surface area is 141 Å². The van der Waals surface area contributed by atoms with E-state index in [4.69, 9.17) is 21.1 Å². The fourth-order valence-corrected chi connectivity index (χ4v) is 2.59. The van der Waals surface area contributed by atoms with E-state index in [9.17, 15) is 4.79 Å². The van der Waals surface area contributed by atoms with Gasteiger partial charge in [-0.15, -0.1) is 0 Å². The van der Waals surface area contributed by atoms with Crippen molar-refractivity contribution in [3.8, 4) is 11.5 Å². The first-order valence-electron chi connectivity index (χ1n) is 7.29. The molecule has 0 aliphatic rings. The van der Waals surface area contributed by atoms with Crippen molar-refractivity contribution in [3.63, 3.8) is 0 Å². The van der Waals surface area contributed by atoms with Crippen LogP contribution in [0, 0.1) is 13.8 Å². The first-order chi connectivity index (χ1) is 11.0. The van der Waals surface area contributed by atoms with Crippen LogP contribution in [0.2, 0.25) is 5.02 Å². The summed E-state index contributed by atoms with van der Waals surface area (Å²) in [5.74, 6) is 1.32. The van der Waals surface area contributed by atoms with Gasteiger partial charge in [-0.05, 0) is 54.8 Å². The van der Waals surface area contributed by atoms with Crippen LogP contribution in [0.4, 0.5) is 0 Å². The van der Waals surface area contributed by atoms with Crippen molar-refractivity contribution in [2.45, 2.75) is 20.4 Å². The van der Waals surface area contributed by atoms with Crippen molar-refractivity contribution in [1.82, 2.24) is 5.32 Å². The van der Waals surface area contributed by atoms with Gasteiger partial charge in [0.1, 0.15) is 11.5 Å². The van der Waals surface area contributed by atoms with Crippen molar-refractivity contribution in [2.24, 2.45) is 0 Å². The molecule has 4 nitrogen and oxygen atoms in total. The lowest BCUT2D eigenvalue weighted by Crippen LogP contribution is -2.28. The zero-order chi connectivity index (χ0) is 16.8. The number of hydrogen-bond donors (Lipinski definition) is 1. The number of benzene rings is 2. The fraction of sp³-hybridized carbons (Fsp3) is 0.278. The van der Waals surface area contributed by atoms with Crippen LogP contribution < -0.4 is 14.8 Å². The minimum absolute atomic E-state index is 0.0283. The van der Waals surface area contributed by atoms with Gasteiger partial charge < -0.3 is 14.8 Å². The Morgan fingerprint density at radius 2 is 1.74 bits per heavy atom. The molecule has 0 aromatic heterocycles. The summed E-state index contributed by atoms with van der Waals surface area (Å²) in [4.78, 5) is 11.9. The summed E-state index contributed by atoms with van der Waals surface area (Å²) in [7, 11) is 1.62. The molecule has 0 heterocycles. The Balaban J connectivity index is 1.85. The minimum atomic E-state index is -0.172. The van der Waals surface area contributed by atoms with Gasteiger partial charge in [0.2, 0.25) is 0 Å². The summed E-state index contributed by atoms with van der Waals surface area (Å²) >= 11 is 5.98. The Kier molecular flexibility index (Phi) is 5.88. The van der Waals surface area contributed by atoms with Crippen molar-refractivity contribution in [2.75, 3.05) is 13.7 Å². The molecular weight excluding hydrogens is 314 g/mol. The average molecular weight is 334 g/mol. The summed E-state index contributed by atoms with van der Waals surface area (Å²) in [6.45, 7) is 4.23. The van der Waals surface area contributed by atoms with Gasteiger partial charge in [0.05, 0.1) is 7.11 Å². The third-order valence-corrected chi connectivity index (χ3v) is 3.64. The molecule has 0 saturated carbocycles. The van der Waals surface area contributed by atoms with Gasteiger partial charge in [0.25, 0.3) is 5.91 Å². The lowest BCUT2D eigenvalue weighted by molar-refractivity contribution is -0.123. The number of halogens is 1. The van der Waals surface area contributed by atoms with Crippen LogP contribution in [0.1, 0.15) is 16.7 Å². The number of aryl methyl sites for hydroxylation is 2. The standard InChI is InChI=1S/C18H20ClNO3/c1-12-8-15(19)9-13(2)18(12)23-11-17(21)20-10-14-4-6-16(22-3)7-5-14/h4-9H,10-11H2,1-3H3,(H,20,21). The highest BCUT2D eigenvalue weighted by atomic mass is 35.5. The number of carbonyl (C=O) groups excluding carboxylic acids is 1. The van der Waals surface area contributed by atoms with E-state index in [0.717, 1.165) is 22.4 Å². The molecule has 2 aromatic rings. The van der Waals surface area contributed by atoms with Crippen molar-refractivity contribution in [1.29, 1.82) is 0 Å². The third kappa shape index (κ3) is 4.89. The van der Waals surface area contributed by atoms with Crippen molar-refractivity contribution >= 4 is 17.5 Å². The van der Waals surface area contributed by atoms with Crippen LogP contribution in [-0.4, -0.2) is 19.6 Å². The molecule has 5 heteroatoms. The van der Waals surface area contributed by atoms with Crippen LogP contribution in [0.25, 0.3) is 0 Å². The van der Waals surface area contributed by atoms with Crippen LogP contribution in [0.3, 0.4) is 0 Å². The Bertz CT molecular complexity index is 660. The van der Waals surface area contributed by atoms with E-state index in [1.165, 1.54) is 0 Å². The van der Waals surface area contributed by atoms with E-state index in [1.807, 2.05) is 50.2 Å². The lowest BCUT2D eigenvalue weighted by Gasteiger charge is -2.12. The summed E-state index contributed by atoms with van der Waals surface area (Å²) in [6, 6.07) is 11.2. The maximum absolute atomic E-state index is 11.9. The second-order valence-electron chi connectivity index (χ2n) is 5.28. The molecule has 0 unspecified atom stereocenters. The molecule has 0 spiro atoms. The fourth-order valence-electron chi connectivity index (χ4n) is 2.26. The summed E-state index contributed by atoms with van der Waals surface area (Å²) in [5.41, 5.74) is 2.83. The van der Waals surface area contributed by atoms with Gasteiger partial charge in [-0.3, -0.25) is 4.79 Å². The highest BCUT2D eigenvalue weighted by Crippen LogP contribution is 2.26. The smallest absolute Gasteiger partial charge is 0.258 e. The molecule has 0 radical (unpaired) electrons. The number of ether oxygens (including phenoxy) is 2. The van der Waals surface area contributed by atoms with Gasteiger partial charge >= 0.3 is 0 Å². The number of rotatable bonds is 6. The van der Waals surface area contributed by atoms with E-state index < -0.39 is 0 Å². The molecule has 0 saturated heterocycles. The van der Waals surface area contributed by atoms with Gasteiger partial charge in [-0.2, -0.15) is 0 Å². The maximum Gasteiger partial charge on any atom is 0.258 e. The van der Waals surface area contributed by atoms with Gasteiger partial charge in [0.15, 0.2) is 6.61 Å². The molecule has 0 atom stereocenters. The first-order valence-corrected chi connectivity index (χ1v) is 7.66. The van der Waals surface area contributed by atoms with E-state index in [1.54, 1.807) is 7.11 Å². The number of nitrogens with one attached hydrogen (secondary N) is 1. The van der Waals surface area contributed by atoms with Gasteiger partial charge in [0, 0.05) is 11.6 Å². The predicted octanol–water partition coefficient (Wildman–Crippen LogP) is 3.66. The zero-order valence-electron chi connectivity index (χ0n) is 13.5. The molecule has 0 bridgehead atoms. The summed E-state index contributed by atoms with van der Waals surface area (Å²) in [5, 5.41) is 3.49. The lowest BCUT2D eigenvalue weighted by atomic mass is 10.1. The molecule has 2 rings (SSSR count). The van der Waals surface area contributed by atoms with E-state index >= 15 is 0 Å². The first kappa shape index (κ1) is 17.2. The highest BCUT2D eigenvalue weighted by molar-refractivity contribution is 6.30. The quantitative estimate of drug-likeness (QED) is 0.877. The third-order valence-electron chi connectivity index (χ3n) is 3.42. The predicted molar refractivity (Wildman–Crippen MR) is 91.3 cm³/mol. The number of methoxy groups -OCH3 is 1. The Morgan fingerprint density at radius 3 is 2.30 bits per heavy atom. The van der Waals surface area contributed by atoms with E-state index in [2.05, 4.69) is 5.32 Å². The Morgan fingerprint density at radius 1 is 1.13 bits per heavy atom. The molecule has 2 aromatic carbocycles. The molecular formula is C18H20ClNO3. The normalized spacial score (nSPS) is 10.3. The molecule has 0 fully saturated rings. The molecule has 122 valence electrons. The molecule has 0 aliphatic carbocycles. The average Bonchev–Trinajstić information content (AvgIpc) is 2.52. The van der Waals surface area contributed by atoms with Gasteiger partial charge in [-0.25, -0.2) is 0 Å². The van der Waals surface area contributed by atoms with Gasteiger partial charge in [-0.1, -0.05) is 23.7 Å². The van der Waals surface area contributed by atoms with E-state index in [0.29, 0.717) is 17.3 Å². The van der Waals surface area contributed by atoms with Crippen LogP contribution in [-0.2, 0) is 11.3 Å². The monoisotopic (exact) mass is 333 g/mol. The molecule has 0 aliphatic heterocycles. The van der Waals surface area contributed by atoms with Crippen LogP contribution in [0.15, 0.2) is 36.4 Å². The highest BCUT2D eigenvalue weighted by Gasteiger charge is 2.08. The van der Waals surface area contributed by atoms with Crippen molar-refractivity contribution in [3.05, 3.63) is 58.1 Å². The van der Waals surface area contributed by atoms with E-state index in [-0.39, 0.29) is 12.5 Å². The van der Waals surface area contributed by atoms with Crippen LogP contribution in [0.5, 0.6) is 11.5 Å². The summed E-state index contributed by atoms with van der Waals surface area (Å²) < 4.78 is 10.7. The van der Waals surface area contributed by atoms with Crippen LogP contribution >= 0.6 is 11.6 Å². The molecule has 1 N–H and O–H groups in total. The molecule has 23 heavy (non-hydrogen) atoms. The topological polar surface area (TPSA) is 47.6 Å². The largest absolute Gasteiger partial charge is 0.497 e. The maximum atomic E-state index is 11.9. The second-order valence-corrected chi connectivity index (χ2v) is 5.72. The number of hydrogen-bond acceptors (Lipinski definition) is 3. The Hall–Kier alpha value is -2.20. The zero-order valence-corrected chi connectivity index (χ0v) is 14.2. The second kappa shape index (κ2) is 7.88. The SMILES string of the molecule is COc1ccc(CNC(=O)COc2c(C)cc(Cl)cc2C)cc1. The number of carbonyl (C=O) groups is 1. The minimum Gasteiger partial charge on any atom is -0.497 e.